The van der Waals surface area contributed by atoms with Gasteiger partial charge in [0.2, 0.25) is 0 Å². The predicted octanol–water partition coefficient (Wildman–Crippen LogP) is 13.9. The van der Waals surface area contributed by atoms with E-state index in [9.17, 15) is 9.59 Å². The molecule has 2 aliphatic carbocycles. The number of nitrogens with zero attached hydrogens (tertiary/aromatic N) is 2. The highest BCUT2D eigenvalue weighted by Gasteiger charge is 2.29. The Kier molecular flexibility index (Phi) is 16.2. The van der Waals surface area contributed by atoms with Crippen LogP contribution < -0.4 is 14.2 Å². The minimum absolute atomic E-state index is 0.0346. The molecule has 3 aromatic carbocycles. The highest BCUT2D eigenvalue weighted by Crippen LogP contribution is 2.39. The molecule has 7 nitrogen and oxygen atoms in total. The summed E-state index contributed by atoms with van der Waals surface area (Å²) in [5.41, 5.74) is 2.09. The Morgan fingerprint density at radius 2 is 1.19 bits per heavy atom. The maximum atomic E-state index is 13.3. The van der Waals surface area contributed by atoms with E-state index in [0.717, 1.165) is 68.8 Å². The molecule has 0 aromatic heterocycles. The molecule has 0 radical (unpaired) electrons. The van der Waals surface area contributed by atoms with E-state index in [2.05, 4.69) is 31.0 Å². The summed E-state index contributed by atoms with van der Waals surface area (Å²) in [7, 11) is 0. The van der Waals surface area contributed by atoms with E-state index in [0.29, 0.717) is 40.1 Å². The van der Waals surface area contributed by atoms with Gasteiger partial charge in [-0.1, -0.05) is 95.9 Å². The Balaban J connectivity index is 1.23. The van der Waals surface area contributed by atoms with E-state index in [4.69, 9.17) is 25.8 Å². The average Bonchev–Trinajstić information content (AvgIpc) is 3.18. The molecule has 8 heteroatoms. The summed E-state index contributed by atoms with van der Waals surface area (Å²) in [5, 5.41) is 9.69. The molecule has 3 aromatic rings. The van der Waals surface area contributed by atoms with Crippen molar-refractivity contribution < 1.29 is 23.8 Å². The lowest BCUT2D eigenvalue weighted by Gasteiger charge is -2.27. The van der Waals surface area contributed by atoms with Crippen molar-refractivity contribution in [1.82, 2.24) is 0 Å². The monoisotopic (exact) mass is 742 g/mol. The van der Waals surface area contributed by atoms with Gasteiger partial charge in [0.1, 0.15) is 23.3 Å². The van der Waals surface area contributed by atoms with Gasteiger partial charge in [0, 0.05) is 11.1 Å². The number of esters is 2. The number of carbonyl (C=O) groups is 2. The van der Waals surface area contributed by atoms with E-state index in [1.807, 2.05) is 24.3 Å². The van der Waals surface area contributed by atoms with Gasteiger partial charge in [-0.2, -0.15) is 5.11 Å². The molecule has 0 aliphatic heterocycles. The second kappa shape index (κ2) is 21.2. The van der Waals surface area contributed by atoms with Gasteiger partial charge in [0.05, 0.1) is 17.5 Å². The quantitative estimate of drug-likeness (QED) is 0.0560. The normalized spacial score (nSPS) is 20.9. The number of ether oxygens (including phenoxy) is 3. The van der Waals surface area contributed by atoms with Crippen LogP contribution in [0.3, 0.4) is 0 Å². The zero-order chi connectivity index (χ0) is 37.4. The first kappa shape index (κ1) is 40.5. The van der Waals surface area contributed by atoms with Crippen LogP contribution >= 0.6 is 11.6 Å². The van der Waals surface area contributed by atoms with Crippen molar-refractivity contribution in [2.75, 3.05) is 0 Å². The fourth-order valence-corrected chi connectivity index (χ4v) is 7.91. The van der Waals surface area contributed by atoms with Crippen LogP contribution in [-0.4, -0.2) is 11.9 Å². The van der Waals surface area contributed by atoms with Crippen molar-refractivity contribution in [2.24, 2.45) is 33.9 Å². The number of rotatable bonds is 18. The SMILES string of the molecule is CCCCCC1CCC(C(=O)Oc2ccc(N=Nc3ccc(OC(=O)C4CCC(CCCCC)CC4)cc3OC(CC)c3ccc(Cl)cc3)cc2)CC1. The zero-order valence-corrected chi connectivity index (χ0v) is 32.8. The van der Waals surface area contributed by atoms with E-state index in [1.54, 1.807) is 42.5 Å². The van der Waals surface area contributed by atoms with Crippen LogP contribution in [0.4, 0.5) is 11.4 Å². The highest BCUT2D eigenvalue weighted by molar-refractivity contribution is 6.30. The van der Waals surface area contributed by atoms with Crippen molar-refractivity contribution in [2.45, 2.75) is 136 Å². The maximum Gasteiger partial charge on any atom is 0.314 e. The lowest BCUT2D eigenvalue weighted by molar-refractivity contribution is -0.141. The third kappa shape index (κ3) is 12.7. The molecule has 0 spiro atoms. The first-order valence-electron chi connectivity index (χ1n) is 20.4. The molecule has 286 valence electrons. The number of halogens is 1. The van der Waals surface area contributed by atoms with Gasteiger partial charge < -0.3 is 14.2 Å². The number of unbranched alkanes of at least 4 members (excludes halogenated alkanes) is 4. The molecule has 1 atom stereocenters. The molecule has 2 aliphatic rings. The second-order valence-electron chi connectivity index (χ2n) is 15.2. The van der Waals surface area contributed by atoms with Crippen LogP contribution in [0, 0.1) is 23.7 Å². The lowest BCUT2D eigenvalue weighted by Crippen LogP contribution is -2.25. The molecule has 2 fully saturated rings. The molecule has 1 unspecified atom stereocenters. The van der Waals surface area contributed by atoms with Crippen LogP contribution in [0.5, 0.6) is 17.2 Å². The van der Waals surface area contributed by atoms with Gasteiger partial charge in [-0.15, -0.1) is 5.11 Å². The Hall–Kier alpha value is -3.71. The van der Waals surface area contributed by atoms with Crippen LogP contribution in [0.15, 0.2) is 77.0 Å². The van der Waals surface area contributed by atoms with Crippen LogP contribution in [0.25, 0.3) is 0 Å². The molecule has 5 rings (SSSR count). The van der Waals surface area contributed by atoms with E-state index in [1.165, 1.54) is 51.4 Å². The Morgan fingerprint density at radius 1 is 0.660 bits per heavy atom. The van der Waals surface area contributed by atoms with Gasteiger partial charge >= 0.3 is 11.9 Å². The van der Waals surface area contributed by atoms with Crippen molar-refractivity contribution in [1.29, 1.82) is 0 Å². The molecule has 0 amide bonds. The van der Waals surface area contributed by atoms with E-state index in [-0.39, 0.29) is 29.9 Å². The first-order chi connectivity index (χ1) is 25.8. The number of hydrogen-bond acceptors (Lipinski definition) is 7. The Labute approximate surface area is 322 Å². The molecule has 0 N–H and O–H groups in total. The van der Waals surface area contributed by atoms with Gasteiger partial charge in [-0.25, -0.2) is 0 Å². The number of benzene rings is 3. The van der Waals surface area contributed by atoms with Gasteiger partial charge in [0.15, 0.2) is 5.75 Å². The summed E-state index contributed by atoms with van der Waals surface area (Å²) in [6.07, 6.45) is 18.5. The summed E-state index contributed by atoms with van der Waals surface area (Å²) < 4.78 is 18.3. The molecule has 2 saturated carbocycles. The molecule has 0 saturated heterocycles. The van der Waals surface area contributed by atoms with Crippen molar-refractivity contribution in [3.8, 4) is 17.2 Å². The summed E-state index contributed by atoms with van der Waals surface area (Å²) in [6, 6.07) is 20.0. The molecular weight excluding hydrogens is 684 g/mol. The average molecular weight is 743 g/mol. The molecule has 0 heterocycles. The summed E-state index contributed by atoms with van der Waals surface area (Å²) >= 11 is 6.17. The topological polar surface area (TPSA) is 86.5 Å². The molecular formula is C45H59ClN2O5. The standard InChI is InChI=1S/C45H59ClN2O5/c1-4-7-9-11-32-13-17-35(18-14-32)44(49)51-39-27-25-38(26-28-39)47-48-41-30-29-40(31-43(41)53-42(6-3)34-21-23-37(46)24-22-34)52-45(50)36-19-15-33(16-20-36)12-10-8-5-2/h21-33,35-36,42H,4-20H2,1-3H3. The fourth-order valence-electron chi connectivity index (χ4n) is 7.78. The summed E-state index contributed by atoms with van der Waals surface area (Å²) in [5.74, 6) is 2.41. The first-order valence-corrected chi connectivity index (χ1v) is 20.7. The largest absolute Gasteiger partial charge is 0.483 e. The third-order valence-electron chi connectivity index (χ3n) is 11.2. The third-order valence-corrected chi connectivity index (χ3v) is 11.4. The number of hydrogen-bond donors (Lipinski definition) is 0. The van der Waals surface area contributed by atoms with Gasteiger partial charge in [-0.3, -0.25) is 9.59 Å². The van der Waals surface area contributed by atoms with Crippen LogP contribution in [-0.2, 0) is 9.59 Å². The highest BCUT2D eigenvalue weighted by atomic mass is 35.5. The smallest absolute Gasteiger partial charge is 0.314 e. The van der Waals surface area contributed by atoms with E-state index < -0.39 is 0 Å². The van der Waals surface area contributed by atoms with Crippen molar-refractivity contribution in [3.05, 3.63) is 77.3 Å². The van der Waals surface area contributed by atoms with Crippen LogP contribution in [0.2, 0.25) is 5.02 Å². The predicted molar refractivity (Wildman–Crippen MR) is 213 cm³/mol. The van der Waals surface area contributed by atoms with E-state index >= 15 is 0 Å². The minimum atomic E-state index is -0.278. The zero-order valence-electron chi connectivity index (χ0n) is 32.1. The number of azo groups is 1. The molecule has 53 heavy (non-hydrogen) atoms. The lowest BCUT2D eigenvalue weighted by atomic mass is 9.80. The minimum Gasteiger partial charge on any atom is -0.483 e. The van der Waals surface area contributed by atoms with Gasteiger partial charge in [0.25, 0.3) is 0 Å². The second-order valence-corrected chi connectivity index (χ2v) is 15.6. The molecule has 0 bridgehead atoms. The van der Waals surface area contributed by atoms with Crippen molar-refractivity contribution >= 4 is 34.9 Å². The van der Waals surface area contributed by atoms with Gasteiger partial charge in [-0.05, 0) is 124 Å². The number of carbonyl (C=O) groups excluding carboxylic acids is 2. The Morgan fingerprint density at radius 3 is 1.72 bits per heavy atom. The Bertz CT molecular complexity index is 1590. The van der Waals surface area contributed by atoms with Crippen LogP contribution in [0.1, 0.15) is 142 Å². The fraction of sp³-hybridized carbons (Fsp3) is 0.556. The van der Waals surface area contributed by atoms with Crippen molar-refractivity contribution in [3.63, 3.8) is 0 Å². The maximum absolute atomic E-state index is 13.3. The summed E-state index contributed by atoms with van der Waals surface area (Å²) in [6.45, 7) is 6.52. The summed E-state index contributed by atoms with van der Waals surface area (Å²) in [4.78, 5) is 26.2.